The quantitative estimate of drug-likeness (QED) is 0.593. The fraction of sp³-hybridized carbons (Fsp3) is 0.500. The van der Waals surface area contributed by atoms with Gasteiger partial charge in [0.25, 0.3) is 0 Å². The van der Waals surface area contributed by atoms with E-state index in [4.69, 9.17) is 5.11 Å². The fourth-order valence-corrected chi connectivity index (χ4v) is 2.16. The third kappa shape index (κ3) is 2.35. The number of aliphatic hydroxyl groups is 2. The number of aromatic hydroxyl groups is 1. The van der Waals surface area contributed by atoms with E-state index in [1.165, 1.54) is 5.56 Å². The number of hydrogen-bond acceptors (Lipinski definition) is 4. The fourth-order valence-electron chi connectivity index (χ4n) is 2.16. The van der Waals surface area contributed by atoms with Crippen molar-refractivity contribution in [3.8, 4) is 5.75 Å². The molecular weight excluding hydrogens is 206 g/mol. The molecule has 0 heterocycles. The van der Waals surface area contributed by atoms with Crippen molar-refractivity contribution in [3.05, 3.63) is 29.3 Å². The Bertz CT molecular complexity index is 367. The van der Waals surface area contributed by atoms with Gasteiger partial charge in [0.05, 0.1) is 12.7 Å². The predicted molar refractivity (Wildman–Crippen MR) is 60.3 cm³/mol. The normalized spacial score (nSPS) is 20.8. The summed E-state index contributed by atoms with van der Waals surface area (Å²) in [7, 11) is 0. The number of nitrogens with one attached hydrogen (secondary N) is 1. The topological polar surface area (TPSA) is 72.7 Å². The standard InChI is InChI=1S/C12H17NO3/c14-7-10(16)6-13-12-4-1-8-5-9(15)2-3-11(8)12/h2-3,5,10,12-16H,1,4,6-7H2. The number of phenols is 1. The molecule has 1 aromatic carbocycles. The molecule has 0 amide bonds. The molecule has 0 aromatic heterocycles. The number of hydrogen-bond donors (Lipinski definition) is 4. The van der Waals surface area contributed by atoms with E-state index in [0.29, 0.717) is 12.3 Å². The summed E-state index contributed by atoms with van der Waals surface area (Å²) < 4.78 is 0. The number of aliphatic hydroxyl groups excluding tert-OH is 2. The number of aryl methyl sites for hydroxylation is 1. The van der Waals surface area contributed by atoms with Gasteiger partial charge < -0.3 is 20.6 Å². The van der Waals surface area contributed by atoms with Gasteiger partial charge in [0.15, 0.2) is 0 Å². The second kappa shape index (κ2) is 4.82. The van der Waals surface area contributed by atoms with Crippen molar-refractivity contribution in [1.29, 1.82) is 0 Å². The Morgan fingerprint density at radius 1 is 1.44 bits per heavy atom. The van der Waals surface area contributed by atoms with Crippen LogP contribution in [-0.2, 0) is 6.42 Å². The summed E-state index contributed by atoms with van der Waals surface area (Å²) >= 11 is 0. The molecule has 0 saturated carbocycles. The van der Waals surface area contributed by atoms with Crippen molar-refractivity contribution < 1.29 is 15.3 Å². The lowest BCUT2D eigenvalue weighted by Crippen LogP contribution is -2.31. The molecule has 2 atom stereocenters. The van der Waals surface area contributed by atoms with Gasteiger partial charge in [-0.15, -0.1) is 0 Å². The summed E-state index contributed by atoms with van der Waals surface area (Å²) in [5.41, 5.74) is 2.35. The van der Waals surface area contributed by atoms with Crippen LogP contribution >= 0.6 is 0 Å². The number of phenolic OH excluding ortho intramolecular Hbond substituents is 1. The van der Waals surface area contributed by atoms with Crippen molar-refractivity contribution >= 4 is 0 Å². The highest BCUT2D eigenvalue weighted by Gasteiger charge is 2.22. The summed E-state index contributed by atoms with van der Waals surface area (Å²) in [5, 5.41) is 30.5. The zero-order valence-corrected chi connectivity index (χ0v) is 9.06. The maximum atomic E-state index is 9.35. The van der Waals surface area contributed by atoms with Gasteiger partial charge in [0.1, 0.15) is 5.75 Å². The van der Waals surface area contributed by atoms with Crippen LogP contribution < -0.4 is 5.32 Å². The average molecular weight is 223 g/mol. The van der Waals surface area contributed by atoms with E-state index in [9.17, 15) is 10.2 Å². The second-order valence-electron chi connectivity index (χ2n) is 4.22. The third-order valence-corrected chi connectivity index (χ3v) is 3.01. The summed E-state index contributed by atoms with van der Waals surface area (Å²) in [5.74, 6) is 0.301. The molecule has 4 heteroatoms. The van der Waals surface area contributed by atoms with E-state index in [1.807, 2.05) is 6.07 Å². The first kappa shape index (κ1) is 11.4. The molecule has 4 nitrogen and oxygen atoms in total. The second-order valence-corrected chi connectivity index (χ2v) is 4.22. The molecule has 0 radical (unpaired) electrons. The molecule has 2 unspecified atom stereocenters. The Morgan fingerprint density at radius 2 is 2.25 bits per heavy atom. The van der Waals surface area contributed by atoms with E-state index in [-0.39, 0.29) is 12.6 Å². The number of benzene rings is 1. The maximum Gasteiger partial charge on any atom is 0.115 e. The Morgan fingerprint density at radius 3 is 3.00 bits per heavy atom. The van der Waals surface area contributed by atoms with Crippen molar-refractivity contribution in [2.45, 2.75) is 25.0 Å². The van der Waals surface area contributed by atoms with Crippen LogP contribution in [0.25, 0.3) is 0 Å². The van der Waals surface area contributed by atoms with Gasteiger partial charge in [0.2, 0.25) is 0 Å². The first-order chi connectivity index (χ1) is 7.70. The molecule has 0 aliphatic heterocycles. The smallest absolute Gasteiger partial charge is 0.115 e. The van der Waals surface area contributed by atoms with Crippen LogP contribution in [0.4, 0.5) is 0 Å². The number of rotatable bonds is 4. The largest absolute Gasteiger partial charge is 0.508 e. The molecule has 88 valence electrons. The molecule has 1 aliphatic rings. The average Bonchev–Trinajstić information content (AvgIpc) is 2.68. The minimum absolute atomic E-state index is 0.219. The molecule has 0 saturated heterocycles. The van der Waals surface area contributed by atoms with E-state index < -0.39 is 6.10 Å². The van der Waals surface area contributed by atoms with Crippen molar-refractivity contribution in [2.24, 2.45) is 0 Å². The third-order valence-electron chi connectivity index (χ3n) is 3.01. The molecular formula is C12H17NO3. The zero-order chi connectivity index (χ0) is 11.5. The minimum Gasteiger partial charge on any atom is -0.508 e. The Labute approximate surface area is 94.5 Å². The van der Waals surface area contributed by atoms with Crippen LogP contribution in [0.5, 0.6) is 5.75 Å². The first-order valence-corrected chi connectivity index (χ1v) is 5.55. The lowest BCUT2D eigenvalue weighted by molar-refractivity contribution is 0.0919. The van der Waals surface area contributed by atoms with Crippen LogP contribution in [0, 0.1) is 0 Å². The molecule has 16 heavy (non-hydrogen) atoms. The molecule has 4 N–H and O–H groups in total. The van der Waals surface area contributed by atoms with Crippen LogP contribution in [0.2, 0.25) is 0 Å². The molecule has 0 bridgehead atoms. The lowest BCUT2D eigenvalue weighted by Gasteiger charge is -2.16. The summed E-state index contributed by atoms with van der Waals surface area (Å²) in [6.45, 7) is 0.170. The van der Waals surface area contributed by atoms with Crippen molar-refractivity contribution in [3.63, 3.8) is 0 Å². The maximum absolute atomic E-state index is 9.35. The number of fused-ring (bicyclic) bond motifs is 1. The minimum atomic E-state index is -0.707. The SMILES string of the molecule is OCC(O)CNC1CCc2cc(O)ccc21. The van der Waals surface area contributed by atoms with Crippen molar-refractivity contribution in [2.75, 3.05) is 13.2 Å². The van der Waals surface area contributed by atoms with E-state index in [2.05, 4.69) is 5.32 Å². The summed E-state index contributed by atoms with van der Waals surface area (Å²) in [6.07, 6.45) is 1.20. The lowest BCUT2D eigenvalue weighted by atomic mass is 10.1. The van der Waals surface area contributed by atoms with E-state index in [0.717, 1.165) is 18.4 Å². The Balaban J connectivity index is 2.01. The predicted octanol–water partition coefficient (Wildman–Crippen LogP) is 0.322. The molecule has 1 aliphatic carbocycles. The molecule has 2 rings (SSSR count). The van der Waals surface area contributed by atoms with Gasteiger partial charge in [-0.2, -0.15) is 0 Å². The van der Waals surface area contributed by atoms with Gasteiger partial charge in [0, 0.05) is 12.6 Å². The van der Waals surface area contributed by atoms with E-state index >= 15 is 0 Å². The van der Waals surface area contributed by atoms with E-state index in [1.54, 1.807) is 12.1 Å². The summed E-state index contributed by atoms with van der Waals surface area (Å²) in [4.78, 5) is 0. The highest BCUT2D eigenvalue weighted by molar-refractivity contribution is 5.39. The Hall–Kier alpha value is -1.10. The van der Waals surface area contributed by atoms with Crippen LogP contribution in [0.3, 0.4) is 0 Å². The molecule has 1 aromatic rings. The first-order valence-electron chi connectivity index (χ1n) is 5.55. The Kier molecular flexibility index (Phi) is 3.43. The van der Waals surface area contributed by atoms with Crippen LogP contribution in [0.1, 0.15) is 23.6 Å². The monoisotopic (exact) mass is 223 g/mol. The zero-order valence-electron chi connectivity index (χ0n) is 9.06. The van der Waals surface area contributed by atoms with Crippen LogP contribution in [-0.4, -0.2) is 34.6 Å². The molecule has 0 spiro atoms. The van der Waals surface area contributed by atoms with Crippen LogP contribution in [0.15, 0.2) is 18.2 Å². The molecule has 0 fully saturated rings. The van der Waals surface area contributed by atoms with Crippen molar-refractivity contribution in [1.82, 2.24) is 5.32 Å². The van der Waals surface area contributed by atoms with Gasteiger partial charge in [-0.05, 0) is 36.1 Å². The highest BCUT2D eigenvalue weighted by atomic mass is 16.3. The van der Waals surface area contributed by atoms with Gasteiger partial charge in [-0.25, -0.2) is 0 Å². The van der Waals surface area contributed by atoms with Gasteiger partial charge in [-0.1, -0.05) is 6.07 Å². The summed E-state index contributed by atoms with van der Waals surface area (Å²) in [6, 6.07) is 5.61. The van der Waals surface area contributed by atoms with Gasteiger partial charge in [-0.3, -0.25) is 0 Å². The van der Waals surface area contributed by atoms with Gasteiger partial charge >= 0.3 is 0 Å². The highest BCUT2D eigenvalue weighted by Crippen LogP contribution is 2.32.